The Balaban J connectivity index is 1.49. The first-order valence-corrected chi connectivity index (χ1v) is 12.7. The summed E-state index contributed by atoms with van der Waals surface area (Å²) in [6.45, 7) is 10.7. The number of nitrogens with zero attached hydrogens (tertiary/aromatic N) is 1. The lowest BCUT2D eigenvalue weighted by molar-refractivity contribution is 0.0557. The number of rotatable bonds is 5. The average molecular weight is 488 g/mol. The summed E-state index contributed by atoms with van der Waals surface area (Å²) in [4.78, 5) is 26.6. The number of hydrogen-bond donors (Lipinski definition) is 3. The quantitative estimate of drug-likeness (QED) is 0.378. The zero-order valence-corrected chi connectivity index (χ0v) is 21.8. The first kappa shape index (κ1) is 25.5. The summed E-state index contributed by atoms with van der Waals surface area (Å²) >= 11 is 0. The third-order valence-electron chi connectivity index (χ3n) is 7.34. The predicted octanol–water partition coefficient (Wildman–Crippen LogP) is 6.61. The Morgan fingerprint density at radius 2 is 1.78 bits per heavy atom. The van der Waals surface area contributed by atoms with Crippen LogP contribution in [-0.4, -0.2) is 40.6 Å². The Morgan fingerprint density at radius 3 is 2.50 bits per heavy atom. The molecule has 0 aromatic heterocycles. The highest BCUT2D eigenvalue weighted by Crippen LogP contribution is 2.33. The van der Waals surface area contributed by atoms with Crippen molar-refractivity contribution >= 4 is 28.5 Å². The number of fused-ring (bicyclic) bond motifs is 1. The largest absolute Gasteiger partial charge is 0.465 e. The molecule has 3 atom stereocenters. The first-order valence-electron chi connectivity index (χ1n) is 12.7. The number of nitrogens with one attached hydrogen (secondary N) is 2. The smallest absolute Gasteiger partial charge is 0.407 e. The van der Waals surface area contributed by atoms with E-state index in [0.29, 0.717) is 12.1 Å². The maximum atomic E-state index is 13.3. The molecular weight excluding hydrogens is 450 g/mol. The Hall–Kier alpha value is -3.54. The molecule has 0 radical (unpaired) electrons. The number of aryl methyl sites for hydroxylation is 1. The van der Waals surface area contributed by atoms with Gasteiger partial charge in [-0.15, -0.1) is 0 Å². The summed E-state index contributed by atoms with van der Waals surface area (Å²) in [5.41, 5.74) is 3.37. The molecule has 6 nitrogen and oxygen atoms in total. The number of likely N-dealkylation sites (tertiary alicyclic amines) is 1. The Bertz CT molecular complexity index is 1260. The molecule has 1 aliphatic heterocycles. The molecule has 0 aliphatic carbocycles. The standard InChI is InChI=1S/C30H37N3O3/c1-19-13-14-22(32-23-15-16-33(29(35)36)27(18-23)30(3,4)5)17-26(19)28(34)31-20(2)24-12-8-10-21-9-6-7-11-25(21)24/h6-14,17,20,23,27,32H,15-16,18H2,1-5H3,(H,31,34)(H,35,36). The highest BCUT2D eigenvalue weighted by molar-refractivity contribution is 5.97. The van der Waals surface area contributed by atoms with Gasteiger partial charge in [0, 0.05) is 29.9 Å². The molecular formula is C30H37N3O3. The van der Waals surface area contributed by atoms with Crippen molar-refractivity contribution in [2.75, 3.05) is 11.9 Å². The van der Waals surface area contributed by atoms with Crippen molar-refractivity contribution in [1.29, 1.82) is 0 Å². The van der Waals surface area contributed by atoms with Crippen LogP contribution < -0.4 is 10.6 Å². The summed E-state index contributed by atoms with van der Waals surface area (Å²) in [5.74, 6) is -0.107. The number of hydrogen-bond acceptors (Lipinski definition) is 3. The lowest BCUT2D eigenvalue weighted by Gasteiger charge is -2.45. The molecule has 3 N–H and O–H groups in total. The van der Waals surface area contributed by atoms with Crippen LogP contribution in [0.4, 0.5) is 10.5 Å². The van der Waals surface area contributed by atoms with Gasteiger partial charge in [0.25, 0.3) is 5.91 Å². The number of amides is 2. The van der Waals surface area contributed by atoms with Crippen LogP contribution in [0.2, 0.25) is 0 Å². The molecule has 1 saturated heterocycles. The van der Waals surface area contributed by atoms with Crippen LogP contribution in [0.25, 0.3) is 10.8 Å². The van der Waals surface area contributed by atoms with Crippen molar-refractivity contribution in [2.45, 2.75) is 65.6 Å². The zero-order valence-electron chi connectivity index (χ0n) is 21.8. The molecule has 0 saturated carbocycles. The minimum atomic E-state index is -0.858. The fourth-order valence-electron chi connectivity index (χ4n) is 5.32. The van der Waals surface area contributed by atoms with Gasteiger partial charge in [-0.3, -0.25) is 4.79 Å². The van der Waals surface area contributed by atoms with Gasteiger partial charge in [-0.2, -0.15) is 0 Å². The minimum absolute atomic E-state index is 0.0731. The fraction of sp³-hybridized carbons (Fsp3) is 0.400. The van der Waals surface area contributed by atoms with E-state index >= 15 is 0 Å². The summed E-state index contributed by atoms with van der Waals surface area (Å²) in [5, 5.41) is 18.7. The zero-order chi connectivity index (χ0) is 26.0. The lowest BCUT2D eigenvalue weighted by Crippen LogP contribution is -2.54. The van der Waals surface area contributed by atoms with E-state index in [4.69, 9.17) is 0 Å². The second-order valence-corrected chi connectivity index (χ2v) is 11.0. The Morgan fingerprint density at radius 1 is 1.06 bits per heavy atom. The minimum Gasteiger partial charge on any atom is -0.465 e. The summed E-state index contributed by atoms with van der Waals surface area (Å²) < 4.78 is 0. The molecule has 1 fully saturated rings. The van der Waals surface area contributed by atoms with Crippen molar-refractivity contribution in [1.82, 2.24) is 10.2 Å². The van der Waals surface area contributed by atoms with Crippen molar-refractivity contribution in [3.63, 3.8) is 0 Å². The van der Waals surface area contributed by atoms with E-state index in [-0.39, 0.29) is 29.4 Å². The van der Waals surface area contributed by atoms with E-state index < -0.39 is 6.09 Å². The molecule has 3 unspecified atom stereocenters. The van der Waals surface area contributed by atoms with Crippen molar-refractivity contribution in [2.24, 2.45) is 5.41 Å². The number of carboxylic acid groups (broad SMARTS) is 1. The summed E-state index contributed by atoms with van der Waals surface area (Å²) in [6, 6.07) is 20.2. The van der Waals surface area contributed by atoms with E-state index in [2.05, 4.69) is 55.7 Å². The monoisotopic (exact) mass is 487 g/mol. The number of anilines is 1. The molecule has 6 heteroatoms. The van der Waals surface area contributed by atoms with Crippen LogP contribution in [0.1, 0.15) is 68.1 Å². The second-order valence-electron chi connectivity index (χ2n) is 11.0. The molecule has 36 heavy (non-hydrogen) atoms. The molecule has 4 rings (SSSR count). The van der Waals surface area contributed by atoms with Crippen molar-refractivity contribution in [3.8, 4) is 0 Å². The molecule has 0 bridgehead atoms. The molecule has 2 amide bonds. The fourth-order valence-corrected chi connectivity index (χ4v) is 5.32. The molecule has 190 valence electrons. The van der Waals surface area contributed by atoms with Gasteiger partial charge in [-0.05, 0) is 66.1 Å². The van der Waals surface area contributed by atoms with E-state index in [1.807, 2.05) is 50.2 Å². The van der Waals surface area contributed by atoms with Crippen LogP contribution in [-0.2, 0) is 0 Å². The third kappa shape index (κ3) is 5.48. The van der Waals surface area contributed by atoms with Gasteiger partial charge < -0.3 is 20.6 Å². The van der Waals surface area contributed by atoms with Crippen molar-refractivity contribution in [3.05, 3.63) is 77.4 Å². The summed E-state index contributed by atoms with van der Waals surface area (Å²) in [7, 11) is 0. The Labute approximate surface area is 213 Å². The topological polar surface area (TPSA) is 81.7 Å². The van der Waals surface area contributed by atoms with E-state index in [1.54, 1.807) is 4.90 Å². The van der Waals surface area contributed by atoms with Crippen molar-refractivity contribution < 1.29 is 14.7 Å². The van der Waals surface area contributed by atoms with E-state index in [0.717, 1.165) is 40.4 Å². The lowest BCUT2D eigenvalue weighted by atomic mass is 9.79. The highest BCUT2D eigenvalue weighted by Gasteiger charge is 2.38. The van der Waals surface area contributed by atoms with Gasteiger partial charge in [0.2, 0.25) is 0 Å². The van der Waals surface area contributed by atoms with E-state index in [9.17, 15) is 14.7 Å². The van der Waals surface area contributed by atoms with Gasteiger partial charge in [0.1, 0.15) is 0 Å². The number of carbonyl (C=O) groups excluding carboxylic acids is 1. The van der Waals surface area contributed by atoms with Gasteiger partial charge >= 0.3 is 6.09 Å². The average Bonchev–Trinajstić information content (AvgIpc) is 2.84. The van der Waals surface area contributed by atoms with Crippen LogP contribution in [0.15, 0.2) is 60.7 Å². The Kier molecular flexibility index (Phi) is 7.25. The first-order chi connectivity index (χ1) is 17.0. The molecule has 1 aliphatic rings. The van der Waals surface area contributed by atoms with Gasteiger partial charge in [0.15, 0.2) is 0 Å². The van der Waals surface area contributed by atoms with Crippen LogP contribution in [0.3, 0.4) is 0 Å². The predicted molar refractivity (Wildman–Crippen MR) is 146 cm³/mol. The maximum absolute atomic E-state index is 13.3. The molecule has 1 heterocycles. The van der Waals surface area contributed by atoms with E-state index in [1.165, 1.54) is 0 Å². The second kappa shape index (κ2) is 10.2. The molecule has 3 aromatic carbocycles. The highest BCUT2D eigenvalue weighted by atomic mass is 16.4. The van der Waals surface area contributed by atoms with Gasteiger partial charge in [0.05, 0.1) is 6.04 Å². The summed E-state index contributed by atoms with van der Waals surface area (Å²) in [6.07, 6.45) is 0.596. The van der Waals surface area contributed by atoms with Gasteiger partial charge in [-0.1, -0.05) is 69.3 Å². The third-order valence-corrected chi connectivity index (χ3v) is 7.34. The van der Waals surface area contributed by atoms with Crippen LogP contribution in [0, 0.1) is 12.3 Å². The van der Waals surface area contributed by atoms with Crippen LogP contribution in [0.5, 0.6) is 0 Å². The number of benzene rings is 3. The molecule has 0 spiro atoms. The molecule has 3 aromatic rings. The number of carbonyl (C=O) groups is 2. The maximum Gasteiger partial charge on any atom is 0.407 e. The number of piperidine rings is 1. The normalized spacial score (nSPS) is 19.1. The van der Waals surface area contributed by atoms with Crippen LogP contribution >= 0.6 is 0 Å². The SMILES string of the molecule is Cc1ccc(NC2CCN(C(=O)O)C(C(C)(C)C)C2)cc1C(=O)NC(C)c1cccc2ccccc12. The van der Waals surface area contributed by atoms with Gasteiger partial charge in [-0.25, -0.2) is 4.79 Å².